The Balaban J connectivity index is 2.02. The van der Waals surface area contributed by atoms with Gasteiger partial charge < -0.3 is 15.0 Å². The van der Waals surface area contributed by atoms with Gasteiger partial charge in [0.05, 0.1) is 0 Å². The van der Waals surface area contributed by atoms with Crippen LogP contribution in [0.2, 0.25) is 0 Å². The molecule has 0 spiro atoms. The summed E-state index contributed by atoms with van der Waals surface area (Å²) in [6.45, 7) is 9.46. The maximum atomic E-state index is 12.0. The van der Waals surface area contributed by atoms with Crippen LogP contribution in [0.15, 0.2) is 18.2 Å². The number of benzene rings is 1. The molecule has 0 saturated carbocycles. The first-order valence-corrected chi connectivity index (χ1v) is 6.86. The Labute approximate surface area is 114 Å². The number of nitrogens with zero attached hydrogens (tertiary/aromatic N) is 1. The molecule has 0 unspecified atom stereocenters. The lowest BCUT2D eigenvalue weighted by Crippen LogP contribution is -2.47. The minimum absolute atomic E-state index is 0.252. The Morgan fingerprint density at radius 2 is 2.00 bits per heavy atom. The van der Waals surface area contributed by atoms with Crippen LogP contribution in [0, 0.1) is 6.92 Å². The van der Waals surface area contributed by atoms with E-state index in [2.05, 4.69) is 26.1 Å². The van der Waals surface area contributed by atoms with Crippen LogP contribution in [0.5, 0.6) is 5.75 Å². The second-order valence-electron chi connectivity index (χ2n) is 5.28. The molecule has 4 heteroatoms. The predicted molar refractivity (Wildman–Crippen MR) is 75.7 cm³/mol. The van der Waals surface area contributed by atoms with Crippen LogP contribution >= 0.6 is 0 Å². The van der Waals surface area contributed by atoms with E-state index in [0.29, 0.717) is 24.8 Å². The molecule has 1 aliphatic heterocycles. The van der Waals surface area contributed by atoms with Gasteiger partial charge in [-0.15, -0.1) is 0 Å². The number of amides is 1. The molecule has 1 aromatic rings. The summed E-state index contributed by atoms with van der Waals surface area (Å²) in [5.74, 6) is 1.11. The highest BCUT2D eigenvalue weighted by atomic mass is 16.6. The van der Waals surface area contributed by atoms with E-state index in [1.807, 2.05) is 18.2 Å². The molecule has 19 heavy (non-hydrogen) atoms. The van der Waals surface area contributed by atoms with Crippen LogP contribution in [0.4, 0.5) is 4.79 Å². The summed E-state index contributed by atoms with van der Waals surface area (Å²) in [5.41, 5.74) is 2.46. The maximum Gasteiger partial charge on any atom is 0.415 e. The van der Waals surface area contributed by atoms with E-state index in [-0.39, 0.29) is 6.09 Å². The van der Waals surface area contributed by atoms with Gasteiger partial charge in [-0.05, 0) is 36.1 Å². The molecule has 1 heterocycles. The molecule has 1 N–H and O–H groups in total. The largest absolute Gasteiger partial charge is 0.415 e. The lowest BCUT2D eigenvalue weighted by Gasteiger charge is -2.26. The summed E-state index contributed by atoms with van der Waals surface area (Å²) < 4.78 is 5.43. The molecule has 0 bridgehead atoms. The zero-order chi connectivity index (χ0) is 13.8. The fourth-order valence-electron chi connectivity index (χ4n) is 2.37. The van der Waals surface area contributed by atoms with Crippen LogP contribution < -0.4 is 10.1 Å². The van der Waals surface area contributed by atoms with Crippen molar-refractivity contribution in [2.24, 2.45) is 0 Å². The Kier molecular flexibility index (Phi) is 4.43. The van der Waals surface area contributed by atoms with Gasteiger partial charge in [-0.2, -0.15) is 0 Å². The molecule has 1 saturated heterocycles. The molecular weight excluding hydrogens is 240 g/mol. The Bertz CT molecular complexity index is 451. The van der Waals surface area contributed by atoms with Gasteiger partial charge >= 0.3 is 6.09 Å². The summed E-state index contributed by atoms with van der Waals surface area (Å²) in [6.07, 6.45) is -0.252. The standard InChI is InChI=1S/C15H22N2O2/c1-11(2)14-5-4-13(10-12(14)3)19-15(18)17-8-6-16-7-9-17/h4-5,10-11,16H,6-9H2,1-3H3. The Morgan fingerprint density at radius 3 is 2.58 bits per heavy atom. The number of aryl methyl sites for hydroxylation is 1. The van der Waals surface area contributed by atoms with Gasteiger partial charge in [0, 0.05) is 26.2 Å². The Morgan fingerprint density at radius 1 is 1.32 bits per heavy atom. The fourth-order valence-corrected chi connectivity index (χ4v) is 2.37. The fraction of sp³-hybridized carbons (Fsp3) is 0.533. The summed E-state index contributed by atoms with van der Waals surface area (Å²) >= 11 is 0. The molecule has 1 aromatic carbocycles. The van der Waals surface area contributed by atoms with Gasteiger partial charge in [0.1, 0.15) is 5.75 Å². The minimum Gasteiger partial charge on any atom is -0.410 e. The van der Waals surface area contributed by atoms with Crippen LogP contribution in [0.3, 0.4) is 0 Å². The van der Waals surface area contributed by atoms with Crippen molar-refractivity contribution in [1.82, 2.24) is 10.2 Å². The number of ether oxygens (including phenoxy) is 1. The molecule has 0 aliphatic carbocycles. The zero-order valence-corrected chi connectivity index (χ0v) is 11.9. The van der Waals surface area contributed by atoms with E-state index < -0.39 is 0 Å². The van der Waals surface area contributed by atoms with E-state index in [9.17, 15) is 4.79 Å². The lowest BCUT2D eigenvalue weighted by atomic mass is 9.98. The minimum atomic E-state index is -0.252. The van der Waals surface area contributed by atoms with Gasteiger partial charge in [-0.3, -0.25) is 0 Å². The molecule has 104 valence electrons. The predicted octanol–water partition coefficient (Wildman–Crippen LogP) is 2.52. The first-order valence-electron chi connectivity index (χ1n) is 6.86. The van der Waals surface area contributed by atoms with E-state index >= 15 is 0 Å². The second-order valence-corrected chi connectivity index (χ2v) is 5.28. The Hall–Kier alpha value is -1.55. The molecular formula is C15H22N2O2. The normalized spacial score (nSPS) is 15.7. The van der Waals surface area contributed by atoms with Crippen molar-refractivity contribution >= 4 is 6.09 Å². The van der Waals surface area contributed by atoms with Crippen LogP contribution in [0.1, 0.15) is 30.9 Å². The van der Waals surface area contributed by atoms with Crippen molar-refractivity contribution in [3.05, 3.63) is 29.3 Å². The molecule has 1 fully saturated rings. The van der Waals surface area contributed by atoms with E-state index in [1.54, 1.807) is 4.90 Å². The SMILES string of the molecule is Cc1cc(OC(=O)N2CCNCC2)ccc1C(C)C. The number of hydrogen-bond acceptors (Lipinski definition) is 3. The highest BCUT2D eigenvalue weighted by Gasteiger charge is 2.18. The molecule has 0 radical (unpaired) electrons. The number of hydrogen-bond donors (Lipinski definition) is 1. The summed E-state index contributed by atoms with van der Waals surface area (Å²) in [7, 11) is 0. The summed E-state index contributed by atoms with van der Waals surface area (Å²) in [4.78, 5) is 13.7. The smallest absolute Gasteiger partial charge is 0.410 e. The van der Waals surface area contributed by atoms with E-state index in [4.69, 9.17) is 4.74 Å². The van der Waals surface area contributed by atoms with Crippen molar-refractivity contribution in [1.29, 1.82) is 0 Å². The number of carbonyl (C=O) groups is 1. The molecule has 1 amide bonds. The summed E-state index contributed by atoms with van der Waals surface area (Å²) in [5, 5.41) is 3.21. The quantitative estimate of drug-likeness (QED) is 0.890. The van der Waals surface area contributed by atoms with Gasteiger partial charge in [0.15, 0.2) is 0 Å². The van der Waals surface area contributed by atoms with Crippen molar-refractivity contribution in [3.8, 4) is 5.75 Å². The van der Waals surface area contributed by atoms with Gasteiger partial charge in [0.2, 0.25) is 0 Å². The van der Waals surface area contributed by atoms with Crippen molar-refractivity contribution in [2.45, 2.75) is 26.7 Å². The maximum absolute atomic E-state index is 12.0. The van der Waals surface area contributed by atoms with Crippen LogP contribution in [-0.4, -0.2) is 37.2 Å². The van der Waals surface area contributed by atoms with Gasteiger partial charge in [-0.25, -0.2) is 4.79 Å². The average molecular weight is 262 g/mol. The molecule has 1 aliphatic rings. The van der Waals surface area contributed by atoms with Gasteiger partial charge in [-0.1, -0.05) is 19.9 Å². The average Bonchev–Trinajstić information content (AvgIpc) is 2.39. The molecule has 2 rings (SSSR count). The van der Waals surface area contributed by atoms with Crippen molar-refractivity contribution in [2.75, 3.05) is 26.2 Å². The number of carbonyl (C=O) groups excluding carboxylic acids is 1. The topological polar surface area (TPSA) is 41.6 Å². The number of nitrogens with one attached hydrogen (secondary N) is 1. The monoisotopic (exact) mass is 262 g/mol. The first kappa shape index (κ1) is 13.9. The van der Waals surface area contributed by atoms with E-state index in [0.717, 1.165) is 13.1 Å². The molecule has 4 nitrogen and oxygen atoms in total. The highest BCUT2D eigenvalue weighted by molar-refractivity contribution is 5.71. The first-order chi connectivity index (χ1) is 9.08. The third-order valence-electron chi connectivity index (χ3n) is 3.44. The lowest BCUT2D eigenvalue weighted by molar-refractivity contribution is 0.146. The third-order valence-corrected chi connectivity index (χ3v) is 3.44. The molecule has 0 atom stereocenters. The van der Waals surface area contributed by atoms with Crippen LogP contribution in [-0.2, 0) is 0 Å². The number of piperazine rings is 1. The molecule has 0 aromatic heterocycles. The van der Waals surface area contributed by atoms with Gasteiger partial charge in [0.25, 0.3) is 0 Å². The zero-order valence-electron chi connectivity index (χ0n) is 11.9. The third kappa shape index (κ3) is 3.47. The number of rotatable bonds is 2. The van der Waals surface area contributed by atoms with Crippen LogP contribution in [0.25, 0.3) is 0 Å². The summed E-state index contributed by atoms with van der Waals surface area (Å²) in [6, 6.07) is 5.86. The van der Waals surface area contributed by atoms with Crippen molar-refractivity contribution < 1.29 is 9.53 Å². The highest BCUT2D eigenvalue weighted by Crippen LogP contribution is 2.23. The van der Waals surface area contributed by atoms with Crippen molar-refractivity contribution in [3.63, 3.8) is 0 Å². The second kappa shape index (κ2) is 6.06. The van der Waals surface area contributed by atoms with E-state index in [1.165, 1.54) is 11.1 Å².